The molecule has 22 aromatic rings. The largest absolute Gasteiger partial charge is 0.247 e. The molecule has 113 heavy (non-hydrogen) atoms. The summed E-state index contributed by atoms with van der Waals surface area (Å²) in [4.78, 5) is 41.8. The third-order valence-corrected chi connectivity index (χ3v) is 23.4. The van der Waals surface area contributed by atoms with Crippen molar-refractivity contribution in [1.82, 2.24) is 57.4 Å². The number of hydrogen-bond donors (Lipinski definition) is 0. The van der Waals surface area contributed by atoms with Crippen molar-refractivity contribution >= 4 is 132 Å². The molecule has 0 N–H and O–H groups in total. The van der Waals surface area contributed by atoms with Gasteiger partial charge >= 0.3 is 0 Å². The molecule has 23 rings (SSSR count). The molecule has 0 radical (unpaired) electrons. The summed E-state index contributed by atoms with van der Waals surface area (Å²) in [5.74, 6) is 3.60. The minimum atomic E-state index is -0.0598. The van der Waals surface area contributed by atoms with Crippen LogP contribution in [0.4, 0.5) is 0 Å². The van der Waals surface area contributed by atoms with Crippen LogP contribution in [0.25, 0.3) is 222 Å². The lowest BCUT2D eigenvalue weighted by Gasteiger charge is -2.22. The molecule has 0 saturated carbocycles. The van der Waals surface area contributed by atoms with Gasteiger partial charge in [0, 0.05) is 82.2 Å². The lowest BCUT2D eigenvalue weighted by Crippen LogP contribution is -2.14. The molecule has 0 aliphatic heterocycles. The Bertz CT molecular complexity index is 7520. The fourth-order valence-corrected chi connectivity index (χ4v) is 17.9. The maximum absolute atomic E-state index is 5.35. The Kier molecular flexibility index (Phi) is 15.3. The first-order valence-electron chi connectivity index (χ1n) is 37.6. The number of aromatic nitrogens is 12. The highest BCUT2D eigenvalue weighted by Crippen LogP contribution is 2.50. The molecule has 6 aromatic heterocycles. The van der Waals surface area contributed by atoms with E-state index < -0.39 is 0 Å². The quantitative estimate of drug-likeness (QED) is 0.126. The van der Waals surface area contributed by atoms with Crippen LogP contribution >= 0.6 is 23.5 Å². The highest BCUT2D eigenvalue weighted by molar-refractivity contribution is 7.00. The second-order valence-corrected chi connectivity index (χ2v) is 30.3. The zero-order valence-electron chi connectivity index (χ0n) is 60.9. The van der Waals surface area contributed by atoms with Crippen LogP contribution < -0.4 is 0 Å². The Morgan fingerprint density at radius 1 is 0.212 bits per heavy atom. The van der Waals surface area contributed by atoms with E-state index in [1.807, 2.05) is 78.9 Å². The molecule has 0 amide bonds. The van der Waals surface area contributed by atoms with Crippen LogP contribution in [0.3, 0.4) is 0 Å². The van der Waals surface area contributed by atoms with E-state index in [0.717, 1.165) is 159 Å². The predicted octanol–water partition coefficient (Wildman–Crippen LogP) is 25.1. The van der Waals surface area contributed by atoms with Gasteiger partial charge in [-0.15, -0.1) is 0 Å². The fraction of sp³-hybridized carbons (Fsp3) is 0.0303. The number of hydrogen-bond acceptors (Lipinski definition) is 14. The van der Waals surface area contributed by atoms with Crippen molar-refractivity contribution in [1.29, 1.82) is 0 Å². The molecule has 0 fully saturated rings. The van der Waals surface area contributed by atoms with Crippen molar-refractivity contribution in [2.24, 2.45) is 0 Å². The average molecular weight is 1480 g/mol. The van der Waals surface area contributed by atoms with E-state index in [4.69, 9.17) is 48.6 Å². The smallest absolute Gasteiger partial charge is 0.164 e. The summed E-state index contributed by atoms with van der Waals surface area (Å²) >= 11 is 2.46. The van der Waals surface area contributed by atoms with Gasteiger partial charge in [-0.3, -0.25) is 0 Å². The van der Waals surface area contributed by atoms with E-state index in [2.05, 4.69) is 271 Å². The van der Waals surface area contributed by atoms with Gasteiger partial charge < -0.3 is 0 Å². The van der Waals surface area contributed by atoms with Gasteiger partial charge in [0.1, 0.15) is 22.1 Å². The minimum Gasteiger partial charge on any atom is -0.247 e. The predicted molar refractivity (Wildman–Crippen MR) is 464 cm³/mol. The van der Waals surface area contributed by atoms with Crippen molar-refractivity contribution in [3.63, 3.8) is 0 Å². The molecule has 0 bridgehead atoms. The van der Waals surface area contributed by atoms with Crippen LogP contribution in [0, 0.1) is 0 Å². The first-order valence-corrected chi connectivity index (χ1v) is 39.0. The van der Waals surface area contributed by atoms with E-state index in [1.54, 1.807) is 0 Å². The lowest BCUT2D eigenvalue weighted by atomic mass is 9.81. The van der Waals surface area contributed by atoms with Crippen LogP contribution in [0.15, 0.2) is 328 Å². The molecule has 0 unspecified atom stereocenters. The Labute approximate surface area is 655 Å². The summed E-state index contributed by atoms with van der Waals surface area (Å²) < 4.78 is 18.6. The summed E-state index contributed by atoms with van der Waals surface area (Å²) in [6.45, 7) is 4.64. The molecule has 6 heterocycles. The van der Waals surface area contributed by atoms with E-state index in [1.165, 1.54) is 62.0 Å². The Balaban J connectivity index is 0.000000138. The highest BCUT2D eigenvalue weighted by atomic mass is 32.1. The van der Waals surface area contributed by atoms with Crippen molar-refractivity contribution < 1.29 is 0 Å². The molecule has 0 saturated heterocycles. The molecule has 0 spiro atoms. The zero-order valence-corrected chi connectivity index (χ0v) is 62.5. The van der Waals surface area contributed by atoms with Crippen molar-refractivity contribution in [3.8, 4) is 113 Å². The molecular formula is C99H60N12S2. The normalized spacial score (nSPS) is 12.4. The van der Waals surface area contributed by atoms with Crippen molar-refractivity contribution in [2.45, 2.75) is 19.3 Å². The van der Waals surface area contributed by atoms with Crippen LogP contribution in [-0.4, -0.2) is 57.4 Å². The molecule has 1 aliphatic rings. The maximum Gasteiger partial charge on any atom is 0.164 e. The molecule has 1 aliphatic carbocycles. The van der Waals surface area contributed by atoms with Crippen LogP contribution in [0.5, 0.6) is 0 Å². The molecule has 16 aromatic carbocycles. The highest BCUT2D eigenvalue weighted by Gasteiger charge is 2.35. The average Bonchev–Trinajstić information content (AvgIpc) is 1.57. The SMILES string of the molecule is CC1(C)c2ccccc2-c2ccc(-c3ccc(-c4nc(-c5ccccc5)nc(-c5ccc6c(c5)nc(-c5ccccc5)c5ccc7nsnc7c56)n4)cc3)cc21.c1ccc(-c2nc3cc(-c4nc(-c5cc6ccccc6c6ccccc56)nc(-c5cc6ccccc6c6ccccc56)n4)ccc3c3c2ccc2nsnc23)cc1. The monoisotopic (exact) mass is 1480 g/mol. The van der Waals surface area contributed by atoms with Gasteiger partial charge in [0.2, 0.25) is 0 Å². The minimum absolute atomic E-state index is 0.0598. The molecule has 528 valence electrons. The number of pyridine rings is 2. The summed E-state index contributed by atoms with van der Waals surface area (Å²) in [6, 6.07) is 114. The van der Waals surface area contributed by atoms with Crippen LogP contribution in [-0.2, 0) is 5.41 Å². The summed E-state index contributed by atoms with van der Waals surface area (Å²) in [5, 5.41) is 15.3. The van der Waals surface area contributed by atoms with Gasteiger partial charge in [-0.25, -0.2) is 39.9 Å². The summed E-state index contributed by atoms with van der Waals surface area (Å²) in [5.41, 5.74) is 22.2. The van der Waals surface area contributed by atoms with Crippen LogP contribution in [0.2, 0.25) is 0 Å². The van der Waals surface area contributed by atoms with Gasteiger partial charge in [-0.2, -0.15) is 17.5 Å². The standard InChI is InChI=1S/C50H28N6S.C49H32N6S/c1-2-12-29(13-3-1)46-40-24-25-43-47(56-57-55-43)45(40)39-23-22-32(28-44(39)51-46)48-52-49(41-26-30-14-4-6-16-33(30)35-18-8-10-20-37(35)41)54-50(53-48)42-27-31-15-5-7-17-34(31)36-19-9-11-21-38(36)42;1-49(2)39-16-10-9-15-35(39)36-23-21-33(27-40(36)49)29-17-19-32(20-18-29)47-51-46(31-13-7-4-8-14-31)52-48(53-47)34-22-24-37-42(28-34)50-44(30-11-5-3-6-12-30)38-25-26-41-45(43(37)38)55-56-54-41/h1-28H;3-28H,1-2H3. The molecule has 14 heteroatoms. The fourth-order valence-electron chi connectivity index (χ4n) is 16.9. The second kappa shape index (κ2) is 26.4. The van der Waals surface area contributed by atoms with Crippen LogP contribution in [0.1, 0.15) is 25.0 Å². The first-order chi connectivity index (χ1) is 55.7. The number of benzene rings is 16. The Hall–Kier alpha value is -14.4. The summed E-state index contributed by atoms with van der Waals surface area (Å²) in [7, 11) is 0. The summed E-state index contributed by atoms with van der Waals surface area (Å²) in [6.07, 6.45) is 0. The van der Waals surface area contributed by atoms with Gasteiger partial charge in [-0.05, 0) is 131 Å². The third-order valence-electron chi connectivity index (χ3n) is 22.4. The third kappa shape index (κ3) is 11.1. The maximum atomic E-state index is 5.35. The van der Waals surface area contributed by atoms with Gasteiger partial charge in [-0.1, -0.05) is 287 Å². The molecule has 0 atom stereocenters. The van der Waals surface area contributed by atoms with E-state index >= 15 is 0 Å². The van der Waals surface area contributed by atoms with Crippen molar-refractivity contribution in [3.05, 3.63) is 339 Å². The van der Waals surface area contributed by atoms with Gasteiger partial charge in [0.25, 0.3) is 0 Å². The topological polar surface area (TPSA) is 155 Å². The zero-order chi connectivity index (χ0) is 74.8. The second-order valence-electron chi connectivity index (χ2n) is 29.2. The Morgan fingerprint density at radius 3 is 1.10 bits per heavy atom. The van der Waals surface area contributed by atoms with E-state index in [9.17, 15) is 0 Å². The number of rotatable bonds is 9. The number of nitrogens with zero attached hydrogens (tertiary/aromatic N) is 12. The van der Waals surface area contributed by atoms with Crippen molar-refractivity contribution in [2.75, 3.05) is 0 Å². The Morgan fingerprint density at radius 2 is 0.584 bits per heavy atom. The molecular weight excluding hydrogens is 1420 g/mol. The van der Waals surface area contributed by atoms with Gasteiger partial charge in [0.05, 0.1) is 45.9 Å². The lowest BCUT2D eigenvalue weighted by molar-refractivity contribution is 0.660. The van der Waals surface area contributed by atoms with Gasteiger partial charge in [0.15, 0.2) is 34.9 Å². The van der Waals surface area contributed by atoms with E-state index in [-0.39, 0.29) is 5.41 Å². The molecule has 12 nitrogen and oxygen atoms in total. The first kappa shape index (κ1) is 65.6. The number of fused-ring (bicyclic) bond motifs is 19. The van der Waals surface area contributed by atoms with E-state index in [0.29, 0.717) is 34.9 Å².